The molecule has 0 saturated carbocycles. The van der Waals surface area contributed by atoms with Crippen molar-refractivity contribution in [1.82, 2.24) is 10.2 Å². The van der Waals surface area contributed by atoms with Gasteiger partial charge in [-0.2, -0.15) is 0 Å². The Balaban J connectivity index is 1.85. The molecule has 0 bridgehead atoms. The smallest absolute Gasteiger partial charge is 0.405 e. The maximum Gasteiger partial charge on any atom is 0.573 e. The number of carbonyl (C=O) groups is 1. The Kier molecular flexibility index (Phi) is 7.67. The average molecular weight is 386 g/mol. The van der Waals surface area contributed by atoms with Crippen LogP contribution in [0.1, 0.15) is 19.4 Å². The van der Waals surface area contributed by atoms with Crippen molar-refractivity contribution in [2.45, 2.75) is 26.3 Å². The number of ether oxygens (including phenoxy) is 2. The summed E-state index contributed by atoms with van der Waals surface area (Å²) in [7, 11) is 0. The number of morpholine rings is 1. The summed E-state index contributed by atoms with van der Waals surface area (Å²) in [6.07, 6.45) is -2.40. The Morgan fingerprint density at radius 1 is 1.41 bits per heavy atom. The van der Waals surface area contributed by atoms with Gasteiger partial charge in [0.2, 0.25) is 5.91 Å². The Hall–Kier alpha value is -2.06. The largest absolute Gasteiger partial charge is 0.573 e. The molecule has 1 fully saturated rings. The van der Waals surface area contributed by atoms with Crippen LogP contribution < -0.4 is 10.1 Å². The molecular weight excluding hydrogens is 361 g/mol. The Labute approximate surface area is 157 Å². The number of halogens is 3. The number of nitrogens with one attached hydrogen (secondary N) is 1. The second kappa shape index (κ2) is 9.75. The fourth-order valence-electron chi connectivity index (χ4n) is 2.86. The van der Waals surface area contributed by atoms with Crippen molar-refractivity contribution in [2.75, 3.05) is 32.8 Å². The lowest BCUT2D eigenvalue weighted by Gasteiger charge is -2.33. The zero-order valence-electron chi connectivity index (χ0n) is 15.5. The molecule has 1 aromatic carbocycles. The highest BCUT2D eigenvalue weighted by Crippen LogP contribution is 2.26. The van der Waals surface area contributed by atoms with Crippen molar-refractivity contribution in [3.05, 3.63) is 35.9 Å². The van der Waals surface area contributed by atoms with Crippen LogP contribution in [-0.4, -0.2) is 56.1 Å². The molecule has 1 N–H and O–H groups in total. The fraction of sp³-hybridized carbons (Fsp3) is 0.526. The first-order valence-electron chi connectivity index (χ1n) is 8.87. The third-order valence-corrected chi connectivity index (χ3v) is 3.91. The number of hydrogen-bond acceptors (Lipinski definition) is 4. The standard InChI is InChI=1S/C19H25F3N2O3/c1-14(2)12-24-9-10-26-16(13-24)11-23-18(25)8-7-15-5-3-4-6-17(15)27-19(20,21)22/h3-8,14,16H,9-13H2,1-2H3,(H,23,25)/b8-7+. The van der Waals surface area contributed by atoms with Crippen LogP contribution in [0.5, 0.6) is 5.75 Å². The van der Waals surface area contributed by atoms with Gasteiger partial charge in [0.05, 0.1) is 12.7 Å². The zero-order chi connectivity index (χ0) is 19.9. The maximum atomic E-state index is 12.4. The molecule has 150 valence electrons. The molecule has 1 aromatic rings. The lowest BCUT2D eigenvalue weighted by Crippen LogP contribution is -2.48. The van der Waals surface area contributed by atoms with E-state index in [1.807, 2.05) is 0 Å². The van der Waals surface area contributed by atoms with Crippen LogP contribution in [0.3, 0.4) is 0 Å². The molecule has 5 nitrogen and oxygen atoms in total. The lowest BCUT2D eigenvalue weighted by molar-refractivity contribution is -0.274. The number of amides is 1. The summed E-state index contributed by atoms with van der Waals surface area (Å²) >= 11 is 0. The Bertz CT molecular complexity index is 647. The van der Waals surface area contributed by atoms with Gasteiger partial charge in [0, 0.05) is 37.8 Å². The van der Waals surface area contributed by atoms with E-state index in [1.54, 1.807) is 6.07 Å². The van der Waals surface area contributed by atoms with E-state index < -0.39 is 12.3 Å². The number of nitrogens with zero attached hydrogens (tertiary/aromatic N) is 1. The lowest BCUT2D eigenvalue weighted by atomic mass is 10.1. The number of para-hydroxylation sites is 1. The summed E-state index contributed by atoms with van der Waals surface area (Å²) in [5.41, 5.74) is 0.169. The molecular formula is C19H25F3N2O3. The van der Waals surface area contributed by atoms with E-state index >= 15 is 0 Å². The van der Waals surface area contributed by atoms with Gasteiger partial charge in [-0.15, -0.1) is 13.2 Å². The van der Waals surface area contributed by atoms with Crippen LogP contribution in [0, 0.1) is 5.92 Å². The second-order valence-corrected chi connectivity index (χ2v) is 6.81. The molecule has 1 atom stereocenters. The average Bonchev–Trinajstić information content (AvgIpc) is 2.57. The van der Waals surface area contributed by atoms with Crippen LogP contribution in [0.2, 0.25) is 0 Å². The van der Waals surface area contributed by atoms with Crippen molar-refractivity contribution in [2.24, 2.45) is 5.92 Å². The van der Waals surface area contributed by atoms with Gasteiger partial charge in [-0.25, -0.2) is 0 Å². The SMILES string of the molecule is CC(C)CN1CCOC(CNC(=O)/C=C/c2ccccc2OC(F)(F)F)C1. The normalized spacial score (nSPS) is 18.8. The first-order valence-corrected chi connectivity index (χ1v) is 8.87. The van der Waals surface area contributed by atoms with Gasteiger partial charge in [-0.1, -0.05) is 32.0 Å². The van der Waals surface area contributed by atoms with Crippen LogP contribution in [-0.2, 0) is 9.53 Å². The summed E-state index contributed by atoms with van der Waals surface area (Å²) in [4.78, 5) is 14.3. The second-order valence-electron chi connectivity index (χ2n) is 6.81. The topological polar surface area (TPSA) is 50.8 Å². The van der Waals surface area contributed by atoms with Crippen LogP contribution in [0.25, 0.3) is 6.08 Å². The van der Waals surface area contributed by atoms with Gasteiger partial charge in [-0.05, 0) is 18.1 Å². The highest BCUT2D eigenvalue weighted by molar-refractivity contribution is 5.92. The van der Waals surface area contributed by atoms with Gasteiger partial charge < -0.3 is 14.8 Å². The maximum absolute atomic E-state index is 12.4. The molecule has 0 aromatic heterocycles. The molecule has 1 heterocycles. The van der Waals surface area contributed by atoms with E-state index in [0.29, 0.717) is 19.1 Å². The molecule has 1 aliphatic rings. The van der Waals surface area contributed by atoms with E-state index in [1.165, 1.54) is 30.4 Å². The van der Waals surface area contributed by atoms with E-state index in [-0.39, 0.29) is 17.4 Å². The summed E-state index contributed by atoms with van der Waals surface area (Å²) in [6, 6.07) is 5.64. The van der Waals surface area contributed by atoms with Crippen molar-refractivity contribution >= 4 is 12.0 Å². The van der Waals surface area contributed by atoms with Gasteiger partial charge in [-0.3, -0.25) is 9.69 Å². The predicted octanol–water partition coefficient (Wildman–Crippen LogP) is 3.07. The summed E-state index contributed by atoms with van der Waals surface area (Å²) < 4.78 is 46.8. The van der Waals surface area contributed by atoms with E-state index in [2.05, 4.69) is 28.8 Å². The highest BCUT2D eigenvalue weighted by atomic mass is 19.4. The summed E-state index contributed by atoms with van der Waals surface area (Å²) in [5.74, 6) is -0.198. The summed E-state index contributed by atoms with van der Waals surface area (Å²) in [6.45, 7) is 7.85. The van der Waals surface area contributed by atoms with E-state index in [4.69, 9.17) is 4.74 Å². The van der Waals surface area contributed by atoms with Gasteiger partial charge in [0.1, 0.15) is 5.75 Å². The minimum absolute atomic E-state index is 0.101. The number of hydrogen-bond donors (Lipinski definition) is 1. The quantitative estimate of drug-likeness (QED) is 0.732. The van der Waals surface area contributed by atoms with Crippen molar-refractivity contribution in [3.8, 4) is 5.75 Å². The van der Waals surface area contributed by atoms with Crippen molar-refractivity contribution in [1.29, 1.82) is 0 Å². The Morgan fingerprint density at radius 3 is 2.85 bits per heavy atom. The number of carbonyl (C=O) groups excluding carboxylic acids is 1. The molecule has 0 aliphatic carbocycles. The highest BCUT2D eigenvalue weighted by Gasteiger charge is 2.31. The third-order valence-electron chi connectivity index (χ3n) is 3.91. The number of rotatable bonds is 7. The van der Waals surface area contributed by atoms with Gasteiger partial charge >= 0.3 is 6.36 Å². The zero-order valence-corrected chi connectivity index (χ0v) is 15.5. The van der Waals surface area contributed by atoms with Crippen molar-refractivity contribution in [3.63, 3.8) is 0 Å². The van der Waals surface area contributed by atoms with Gasteiger partial charge in [0.25, 0.3) is 0 Å². The first kappa shape index (κ1) is 21.2. The first-order chi connectivity index (χ1) is 12.7. The molecule has 1 aliphatic heterocycles. The molecule has 2 rings (SSSR count). The van der Waals surface area contributed by atoms with E-state index in [9.17, 15) is 18.0 Å². The molecule has 0 spiro atoms. The van der Waals surface area contributed by atoms with Crippen molar-refractivity contribution < 1.29 is 27.4 Å². The molecule has 1 amide bonds. The van der Waals surface area contributed by atoms with Crippen LogP contribution in [0.4, 0.5) is 13.2 Å². The molecule has 27 heavy (non-hydrogen) atoms. The third kappa shape index (κ3) is 8.01. The molecule has 8 heteroatoms. The monoisotopic (exact) mass is 386 g/mol. The number of benzene rings is 1. The van der Waals surface area contributed by atoms with Gasteiger partial charge in [0.15, 0.2) is 0 Å². The fourth-order valence-corrected chi connectivity index (χ4v) is 2.86. The van der Waals surface area contributed by atoms with Crippen LogP contribution >= 0.6 is 0 Å². The molecule has 0 radical (unpaired) electrons. The molecule has 1 saturated heterocycles. The minimum atomic E-state index is -4.79. The van der Waals surface area contributed by atoms with Crippen LogP contribution in [0.15, 0.2) is 30.3 Å². The molecule has 1 unspecified atom stereocenters. The number of alkyl halides is 3. The summed E-state index contributed by atoms with van der Waals surface area (Å²) in [5, 5.41) is 2.72. The Morgan fingerprint density at radius 2 is 2.15 bits per heavy atom. The minimum Gasteiger partial charge on any atom is -0.405 e. The van der Waals surface area contributed by atoms with E-state index in [0.717, 1.165) is 19.6 Å². The predicted molar refractivity (Wildman–Crippen MR) is 96.2 cm³/mol.